The number of nitrogens with zero attached hydrogens (tertiary/aromatic N) is 1. The molecule has 2 rings (SSSR count). The molecule has 1 fully saturated rings. The second-order valence-electron chi connectivity index (χ2n) is 6.36. The van der Waals surface area contributed by atoms with Crippen LogP contribution in [0.1, 0.15) is 61.0 Å². The lowest BCUT2D eigenvalue weighted by Gasteiger charge is -2.26. The van der Waals surface area contributed by atoms with Crippen LogP contribution in [-0.2, 0) is 11.3 Å². The monoisotopic (exact) mass is 304 g/mol. The molecule has 3 nitrogen and oxygen atoms in total. The summed E-state index contributed by atoms with van der Waals surface area (Å²) in [4.78, 5) is 0. The molecule has 1 aliphatic heterocycles. The molecule has 0 bridgehead atoms. The number of hydrogen-bond acceptors (Lipinski definition) is 2. The molecule has 1 aliphatic rings. The van der Waals surface area contributed by atoms with Crippen molar-refractivity contribution in [2.24, 2.45) is 0 Å². The van der Waals surface area contributed by atoms with E-state index in [2.05, 4.69) is 42.8 Å². The van der Waals surface area contributed by atoms with E-state index in [9.17, 15) is 0 Å². The quantitative estimate of drug-likeness (QED) is 0.770. The van der Waals surface area contributed by atoms with Gasteiger partial charge in [-0.25, -0.2) is 0 Å². The minimum absolute atomic E-state index is 0.652. The molecule has 0 amide bonds. The Hall–Kier alpha value is -1.06. The zero-order chi connectivity index (χ0) is 15.9. The van der Waals surface area contributed by atoms with E-state index in [0.717, 1.165) is 32.5 Å². The lowest BCUT2D eigenvalue weighted by molar-refractivity contribution is 0.189. The third-order valence-electron chi connectivity index (χ3n) is 4.81. The summed E-state index contributed by atoms with van der Waals surface area (Å²) >= 11 is 0. The minimum atomic E-state index is 0.652. The van der Waals surface area contributed by atoms with Crippen LogP contribution in [0.4, 0.5) is 0 Å². The molecule has 1 N–H and O–H groups in total. The Bertz CT molecular complexity index is 496. The molecule has 1 saturated heterocycles. The number of rotatable bonds is 7. The van der Waals surface area contributed by atoms with Gasteiger partial charge in [0.25, 0.3) is 0 Å². The van der Waals surface area contributed by atoms with E-state index in [0.29, 0.717) is 5.92 Å². The predicted octanol–water partition coefficient (Wildman–Crippen LogP) is 4.03. The predicted molar refractivity (Wildman–Crippen MR) is 94.6 cm³/mol. The average Bonchev–Trinajstić information content (AvgIpc) is 2.77. The Morgan fingerprint density at radius 1 is 1.36 bits per heavy atom. The van der Waals surface area contributed by atoms with Crippen molar-refractivity contribution in [2.75, 3.05) is 26.8 Å². The van der Waals surface area contributed by atoms with Crippen LogP contribution in [0.15, 0.2) is 6.08 Å². The second kappa shape index (κ2) is 8.54. The average molecular weight is 304 g/mol. The number of methoxy groups -OCH3 is 1. The van der Waals surface area contributed by atoms with Gasteiger partial charge in [-0.2, -0.15) is 0 Å². The smallest absolute Gasteiger partial charge is 0.0479 e. The Kier molecular flexibility index (Phi) is 6.71. The normalized spacial score (nSPS) is 19.2. The topological polar surface area (TPSA) is 26.2 Å². The number of piperidine rings is 1. The summed E-state index contributed by atoms with van der Waals surface area (Å²) in [6.45, 7) is 11.0. The van der Waals surface area contributed by atoms with Gasteiger partial charge in [0.2, 0.25) is 0 Å². The maximum Gasteiger partial charge on any atom is 0.0479 e. The van der Waals surface area contributed by atoms with Gasteiger partial charge in [-0.1, -0.05) is 19.1 Å². The molecule has 3 heteroatoms. The van der Waals surface area contributed by atoms with Crippen molar-refractivity contribution in [3.8, 4) is 0 Å². The Morgan fingerprint density at radius 3 is 2.82 bits per heavy atom. The summed E-state index contributed by atoms with van der Waals surface area (Å²) in [5.74, 6) is 0.652. The minimum Gasteiger partial charge on any atom is -0.385 e. The van der Waals surface area contributed by atoms with Crippen LogP contribution < -0.4 is 5.32 Å². The van der Waals surface area contributed by atoms with Gasteiger partial charge in [-0.05, 0) is 57.2 Å². The summed E-state index contributed by atoms with van der Waals surface area (Å²) in [6.07, 6.45) is 9.35. The SMILES string of the molecule is CC/C=C\c1c(C)c(C2CCCNC2)n(CCCOC)c1C. The van der Waals surface area contributed by atoms with Crippen LogP contribution in [0, 0.1) is 13.8 Å². The third kappa shape index (κ3) is 3.82. The highest BCUT2D eigenvalue weighted by atomic mass is 16.5. The van der Waals surface area contributed by atoms with Gasteiger partial charge in [0.05, 0.1) is 0 Å². The van der Waals surface area contributed by atoms with Crippen LogP contribution in [0.3, 0.4) is 0 Å². The first-order chi connectivity index (χ1) is 10.7. The van der Waals surface area contributed by atoms with Crippen LogP contribution >= 0.6 is 0 Å². The zero-order valence-electron chi connectivity index (χ0n) is 14.7. The highest BCUT2D eigenvalue weighted by Crippen LogP contribution is 2.33. The number of aromatic nitrogens is 1. The summed E-state index contributed by atoms with van der Waals surface area (Å²) in [7, 11) is 1.79. The number of nitrogens with one attached hydrogen (secondary N) is 1. The van der Waals surface area contributed by atoms with Gasteiger partial charge in [0, 0.05) is 44.1 Å². The molecule has 1 atom stereocenters. The van der Waals surface area contributed by atoms with Crippen molar-refractivity contribution in [1.29, 1.82) is 0 Å². The first-order valence-corrected chi connectivity index (χ1v) is 8.76. The van der Waals surface area contributed by atoms with Crippen molar-refractivity contribution < 1.29 is 4.74 Å². The Labute approximate surface area is 135 Å². The van der Waals surface area contributed by atoms with Gasteiger partial charge in [-0.15, -0.1) is 0 Å². The Balaban J connectivity index is 2.35. The van der Waals surface area contributed by atoms with E-state index in [1.165, 1.54) is 36.2 Å². The van der Waals surface area contributed by atoms with Crippen molar-refractivity contribution in [3.05, 3.63) is 28.6 Å². The highest BCUT2D eigenvalue weighted by molar-refractivity contribution is 5.59. The number of allylic oxidation sites excluding steroid dienone is 1. The molecular weight excluding hydrogens is 272 g/mol. The van der Waals surface area contributed by atoms with Crippen LogP contribution in [0.5, 0.6) is 0 Å². The maximum absolute atomic E-state index is 5.25. The first-order valence-electron chi connectivity index (χ1n) is 8.76. The van der Waals surface area contributed by atoms with E-state index in [-0.39, 0.29) is 0 Å². The van der Waals surface area contributed by atoms with E-state index >= 15 is 0 Å². The van der Waals surface area contributed by atoms with Gasteiger partial charge in [0.15, 0.2) is 0 Å². The molecule has 124 valence electrons. The fraction of sp³-hybridized carbons (Fsp3) is 0.684. The second-order valence-corrected chi connectivity index (χ2v) is 6.36. The summed E-state index contributed by atoms with van der Waals surface area (Å²) in [5.41, 5.74) is 5.88. The molecule has 22 heavy (non-hydrogen) atoms. The van der Waals surface area contributed by atoms with Crippen molar-refractivity contribution >= 4 is 6.08 Å². The molecule has 1 aromatic rings. The molecule has 0 radical (unpaired) electrons. The van der Waals surface area contributed by atoms with Crippen molar-refractivity contribution in [2.45, 2.75) is 58.9 Å². The number of hydrogen-bond donors (Lipinski definition) is 1. The van der Waals surface area contributed by atoms with Gasteiger partial charge in [0.1, 0.15) is 0 Å². The largest absolute Gasteiger partial charge is 0.385 e. The maximum atomic E-state index is 5.25. The van der Waals surface area contributed by atoms with Gasteiger partial charge < -0.3 is 14.6 Å². The molecule has 0 aromatic carbocycles. The van der Waals surface area contributed by atoms with Crippen molar-refractivity contribution in [1.82, 2.24) is 9.88 Å². The van der Waals surface area contributed by atoms with E-state index in [1.807, 2.05) is 0 Å². The fourth-order valence-corrected chi connectivity index (χ4v) is 3.69. The Morgan fingerprint density at radius 2 is 2.18 bits per heavy atom. The van der Waals surface area contributed by atoms with E-state index < -0.39 is 0 Å². The van der Waals surface area contributed by atoms with Gasteiger partial charge >= 0.3 is 0 Å². The fourth-order valence-electron chi connectivity index (χ4n) is 3.69. The van der Waals surface area contributed by atoms with Crippen LogP contribution in [-0.4, -0.2) is 31.4 Å². The molecule has 0 spiro atoms. The molecule has 1 aromatic heterocycles. The molecule has 0 saturated carbocycles. The van der Waals surface area contributed by atoms with Crippen molar-refractivity contribution in [3.63, 3.8) is 0 Å². The van der Waals surface area contributed by atoms with Crippen LogP contribution in [0.2, 0.25) is 0 Å². The summed E-state index contributed by atoms with van der Waals surface area (Å²) in [5, 5.41) is 3.57. The molecule has 1 unspecified atom stereocenters. The highest BCUT2D eigenvalue weighted by Gasteiger charge is 2.24. The third-order valence-corrected chi connectivity index (χ3v) is 4.81. The lowest BCUT2D eigenvalue weighted by atomic mass is 9.92. The number of ether oxygens (including phenoxy) is 1. The summed E-state index contributed by atoms with van der Waals surface area (Å²) < 4.78 is 7.81. The summed E-state index contributed by atoms with van der Waals surface area (Å²) in [6, 6.07) is 0. The molecule has 2 heterocycles. The standard InChI is InChI=1S/C19H32N2O/c1-5-6-10-18-15(2)19(17-9-7-11-20-14-17)21(16(18)3)12-8-13-22-4/h6,10,17,20H,5,7-9,11-14H2,1-4H3/b10-6-. The van der Waals surface area contributed by atoms with E-state index in [4.69, 9.17) is 4.74 Å². The molecular formula is C19H32N2O. The van der Waals surface area contributed by atoms with Crippen LogP contribution in [0.25, 0.3) is 6.08 Å². The molecule has 0 aliphatic carbocycles. The van der Waals surface area contributed by atoms with Gasteiger partial charge in [-0.3, -0.25) is 0 Å². The van der Waals surface area contributed by atoms with E-state index in [1.54, 1.807) is 12.8 Å². The first kappa shape index (κ1) is 17.3. The zero-order valence-corrected chi connectivity index (χ0v) is 14.7. The lowest BCUT2D eigenvalue weighted by Crippen LogP contribution is -2.30.